The topological polar surface area (TPSA) is 0 Å². The molecule has 1 unspecified atom stereocenters. The van der Waals surface area contributed by atoms with Crippen molar-refractivity contribution in [3.63, 3.8) is 0 Å². The van der Waals surface area contributed by atoms with Gasteiger partial charge in [0.05, 0.1) is 0 Å². The normalized spacial score (nSPS) is 20.0. The molecule has 2 rings (SSSR count). The molecule has 0 radical (unpaired) electrons. The molecule has 0 heteroatoms. The quantitative estimate of drug-likeness (QED) is 0.608. The zero-order chi connectivity index (χ0) is 9.42. The molecule has 0 fully saturated rings. The molecule has 0 aromatic heterocycles. The maximum atomic E-state index is 3.97. The van der Waals surface area contributed by atoms with E-state index in [1.807, 2.05) is 0 Å². The Labute approximate surface area is 80.3 Å². The molecular formula is C13H16. The van der Waals surface area contributed by atoms with Crippen LogP contribution in [0.2, 0.25) is 0 Å². The SMILES string of the molecule is C=C(C)c1ccc2c(c1)CC(C)C2. The monoisotopic (exact) mass is 172 g/mol. The summed E-state index contributed by atoms with van der Waals surface area (Å²) in [6, 6.07) is 6.77. The zero-order valence-electron chi connectivity index (χ0n) is 8.43. The Bertz CT molecular complexity index is 347. The van der Waals surface area contributed by atoms with Crippen molar-refractivity contribution in [3.8, 4) is 0 Å². The number of hydrogen-bond donors (Lipinski definition) is 0. The van der Waals surface area contributed by atoms with Crippen LogP contribution < -0.4 is 0 Å². The second-order valence-corrected chi connectivity index (χ2v) is 4.28. The van der Waals surface area contributed by atoms with Crippen LogP contribution in [0.1, 0.15) is 30.5 Å². The molecule has 0 saturated heterocycles. The second kappa shape index (κ2) is 3.02. The minimum absolute atomic E-state index is 0.829. The molecule has 1 aromatic rings. The summed E-state index contributed by atoms with van der Waals surface area (Å²) in [7, 11) is 0. The molecule has 0 spiro atoms. The fraction of sp³-hybridized carbons (Fsp3) is 0.385. The van der Waals surface area contributed by atoms with Gasteiger partial charge in [0.15, 0.2) is 0 Å². The molecule has 0 aliphatic heterocycles. The minimum Gasteiger partial charge on any atom is -0.0955 e. The van der Waals surface area contributed by atoms with Gasteiger partial charge >= 0.3 is 0 Å². The van der Waals surface area contributed by atoms with Crippen molar-refractivity contribution in [2.45, 2.75) is 26.7 Å². The highest BCUT2D eigenvalue weighted by molar-refractivity contribution is 5.62. The first kappa shape index (κ1) is 8.55. The van der Waals surface area contributed by atoms with Gasteiger partial charge in [-0.2, -0.15) is 0 Å². The van der Waals surface area contributed by atoms with Crippen LogP contribution in [-0.2, 0) is 12.8 Å². The van der Waals surface area contributed by atoms with Crippen molar-refractivity contribution in [2.24, 2.45) is 5.92 Å². The van der Waals surface area contributed by atoms with Crippen LogP contribution in [0, 0.1) is 5.92 Å². The molecule has 13 heavy (non-hydrogen) atoms. The van der Waals surface area contributed by atoms with E-state index in [0.717, 1.165) is 5.92 Å². The molecule has 0 amide bonds. The molecule has 1 aliphatic rings. The van der Waals surface area contributed by atoms with E-state index in [1.165, 1.54) is 35.1 Å². The summed E-state index contributed by atoms with van der Waals surface area (Å²) < 4.78 is 0. The van der Waals surface area contributed by atoms with Crippen LogP contribution in [0.25, 0.3) is 5.57 Å². The summed E-state index contributed by atoms with van der Waals surface area (Å²) in [5.74, 6) is 0.829. The van der Waals surface area contributed by atoms with E-state index in [2.05, 4.69) is 38.6 Å². The molecule has 1 aromatic carbocycles. The van der Waals surface area contributed by atoms with Gasteiger partial charge < -0.3 is 0 Å². The number of hydrogen-bond acceptors (Lipinski definition) is 0. The Hall–Kier alpha value is -1.04. The van der Waals surface area contributed by atoms with Gasteiger partial charge in [0.1, 0.15) is 0 Å². The average Bonchev–Trinajstić information content (AvgIpc) is 2.42. The summed E-state index contributed by atoms with van der Waals surface area (Å²) in [5, 5.41) is 0. The van der Waals surface area contributed by atoms with Crippen molar-refractivity contribution in [2.75, 3.05) is 0 Å². The molecule has 0 saturated carbocycles. The van der Waals surface area contributed by atoms with E-state index >= 15 is 0 Å². The fourth-order valence-corrected chi connectivity index (χ4v) is 2.10. The molecule has 0 bridgehead atoms. The first-order chi connectivity index (χ1) is 6.16. The van der Waals surface area contributed by atoms with Crippen molar-refractivity contribution in [1.82, 2.24) is 0 Å². The predicted octanol–water partition coefficient (Wildman–Crippen LogP) is 3.45. The highest BCUT2D eigenvalue weighted by atomic mass is 14.2. The second-order valence-electron chi connectivity index (χ2n) is 4.28. The van der Waals surface area contributed by atoms with Crippen LogP contribution >= 0.6 is 0 Å². The van der Waals surface area contributed by atoms with Gasteiger partial charge in [0.2, 0.25) is 0 Å². The number of fused-ring (bicyclic) bond motifs is 1. The number of rotatable bonds is 1. The van der Waals surface area contributed by atoms with Crippen LogP contribution in [0.5, 0.6) is 0 Å². The summed E-state index contributed by atoms with van der Waals surface area (Å²) in [6.07, 6.45) is 2.50. The Kier molecular flexibility index (Phi) is 1.99. The lowest BCUT2D eigenvalue weighted by Crippen LogP contribution is -1.89. The van der Waals surface area contributed by atoms with Gasteiger partial charge in [-0.15, -0.1) is 0 Å². The molecule has 0 heterocycles. The number of benzene rings is 1. The third kappa shape index (κ3) is 1.53. The van der Waals surface area contributed by atoms with Crippen molar-refractivity contribution in [3.05, 3.63) is 41.5 Å². The molecule has 1 atom stereocenters. The van der Waals surface area contributed by atoms with Gasteiger partial charge in [-0.05, 0) is 42.4 Å². The lowest BCUT2D eigenvalue weighted by molar-refractivity contribution is 0.628. The average molecular weight is 172 g/mol. The number of allylic oxidation sites excluding steroid dienone is 1. The molecular weight excluding hydrogens is 156 g/mol. The Morgan fingerprint density at radius 3 is 2.69 bits per heavy atom. The smallest absolute Gasteiger partial charge is 0.0230 e. The molecule has 1 aliphatic carbocycles. The van der Waals surface area contributed by atoms with Crippen molar-refractivity contribution >= 4 is 5.57 Å². The lowest BCUT2D eigenvalue weighted by atomic mass is 10.0. The third-order valence-electron chi connectivity index (χ3n) is 2.84. The lowest BCUT2D eigenvalue weighted by Gasteiger charge is -2.03. The highest BCUT2D eigenvalue weighted by Gasteiger charge is 2.17. The maximum Gasteiger partial charge on any atom is -0.0230 e. The maximum absolute atomic E-state index is 3.97. The first-order valence-corrected chi connectivity index (χ1v) is 4.94. The third-order valence-corrected chi connectivity index (χ3v) is 2.84. The zero-order valence-corrected chi connectivity index (χ0v) is 8.43. The van der Waals surface area contributed by atoms with Crippen LogP contribution in [-0.4, -0.2) is 0 Å². The fourth-order valence-electron chi connectivity index (χ4n) is 2.10. The van der Waals surface area contributed by atoms with E-state index in [-0.39, 0.29) is 0 Å². The van der Waals surface area contributed by atoms with Gasteiger partial charge in [-0.3, -0.25) is 0 Å². The standard InChI is InChI=1S/C13H16/c1-9(2)11-4-5-12-6-10(3)7-13(12)8-11/h4-5,8,10H,1,6-7H2,2-3H3. The van der Waals surface area contributed by atoms with E-state index < -0.39 is 0 Å². The van der Waals surface area contributed by atoms with Gasteiger partial charge in [0.25, 0.3) is 0 Å². The van der Waals surface area contributed by atoms with Gasteiger partial charge in [-0.25, -0.2) is 0 Å². The largest absolute Gasteiger partial charge is 0.0955 e. The summed E-state index contributed by atoms with van der Waals surface area (Å²) in [6.45, 7) is 8.36. The van der Waals surface area contributed by atoms with Crippen LogP contribution in [0.4, 0.5) is 0 Å². The highest BCUT2D eigenvalue weighted by Crippen LogP contribution is 2.28. The van der Waals surface area contributed by atoms with Crippen LogP contribution in [0.15, 0.2) is 24.8 Å². The van der Waals surface area contributed by atoms with Crippen molar-refractivity contribution in [1.29, 1.82) is 0 Å². The summed E-state index contributed by atoms with van der Waals surface area (Å²) in [5.41, 5.74) is 5.54. The van der Waals surface area contributed by atoms with E-state index in [1.54, 1.807) is 0 Å². The molecule has 68 valence electrons. The summed E-state index contributed by atoms with van der Waals surface area (Å²) in [4.78, 5) is 0. The Morgan fingerprint density at radius 2 is 2.00 bits per heavy atom. The van der Waals surface area contributed by atoms with Gasteiger partial charge in [0, 0.05) is 0 Å². The first-order valence-electron chi connectivity index (χ1n) is 4.94. The molecule has 0 nitrogen and oxygen atoms in total. The van der Waals surface area contributed by atoms with E-state index in [4.69, 9.17) is 0 Å². The summed E-state index contributed by atoms with van der Waals surface area (Å²) >= 11 is 0. The van der Waals surface area contributed by atoms with Gasteiger partial charge in [-0.1, -0.05) is 37.3 Å². The van der Waals surface area contributed by atoms with Crippen molar-refractivity contribution < 1.29 is 0 Å². The Balaban J connectivity index is 2.40. The van der Waals surface area contributed by atoms with E-state index in [0.29, 0.717) is 0 Å². The Morgan fingerprint density at radius 1 is 1.31 bits per heavy atom. The minimum atomic E-state index is 0.829. The van der Waals surface area contributed by atoms with Crippen LogP contribution in [0.3, 0.4) is 0 Å². The van der Waals surface area contributed by atoms with E-state index in [9.17, 15) is 0 Å². The molecule has 0 N–H and O–H groups in total. The predicted molar refractivity (Wildman–Crippen MR) is 57.7 cm³/mol.